The van der Waals surface area contributed by atoms with Gasteiger partial charge in [0.2, 0.25) is 5.91 Å². The Kier molecular flexibility index (Phi) is 2.26. The Hall–Kier alpha value is -0.610. The summed E-state index contributed by atoms with van der Waals surface area (Å²) in [7, 11) is 1.68. The van der Waals surface area contributed by atoms with E-state index in [4.69, 9.17) is 4.74 Å². The molecule has 0 aliphatic carbocycles. The molecule has 13 heavy (non-hydrogen) atoms. The molecule has 1 N–H and O–H groups in total. The lowest BCUT2D eigenvalue weighted by atomic mass is 9.78. The molecule has 2 rings (SSSR count). The summed E-state index contributed by atoms with van der Waals surface area (Å²) < 4.78 is 5.17. The van der Waals surface area contributed by atoms with Gasteiger partial charge in [-0.3, -0.25) is 4.79 Å². The molecule has 74 valence electrons. The molecular weight excluding hydrogens is 168 g/mol. The van der Waals surface area contributed by atoms with Crippen LogP contribution in [-0.2, 0) is 9.53 Å². The van der Waals surface area contributed by atoms with Gasteiger partial charge in [-0.1, -0.05) is 0 Å². The van der Waals surface area contributed by atoms with Crippen LogP contribution in [0.25, 0.3) is 0 Å². The van der Waals surface area contributed by atoms with Crippen molar-refractivity contribution in [1.82, 2.24) is 10.2 Å². The van der Waals surface area contributed by atoms with E-state index in [1.54, 1.807) is 7.05 Å². The first-order valence-electron chi connectivity index (χ1n) is 4.75. The monoisotopic (exact) mass is 184 g/mol. The zero-order valence-electron chi connectivity index (χ0n) is 8.01. The molecule has 1 spiro atoms. The zero-order chi connectivity index (χ0) is 9.31. The third-order valence-electron chi connectivity index (χ3n) is 2.87. The van der Waals surface area contributed by atoms with Crippen molar-refractivity contribution in [2.45, 2.75) is 6.42 Å². The van der Waals surface area contributed by atoms with E-state index in [1.165, 1.54) is 0 Å². The van der Waals surface area contributed by atoms with Crippen LogP contribution in [0.2, 0.25) is 0 Å². The Morgan fingerprint density at radius 2 is 2.23 bits per heavy atom. The fourth-order valence-corrected chi connectivity index (χ4v) is 2.02. The second-order valence-electron chi connectivity index (χ2n) is 4.13. The third kappa shape index (κ3) is 1.69. The average molecular weight is 184 g/mol. The van der Waals surface area contributed by atoms with Crippen molar-refractivity contribution >= 4 is 5.91 Å². The summed E-state index contributed by atoms with van der Waals surface area (Å²) in [5.74, 6) is 0.130. The van der Waals surface area contributed by atoms with Crippen LogP contribution in [0, 0.1) is 5.41 Å². The summed E-state index contributed by atoms with van der Waals surface area (Å²) in [5.41, 5.74) is 0.475. The van der Waals surface area contributed by atoms with Gasteiger partial charge in [-0.25, -0.2) is 0 Å². The first kappa shape index (κ1) is 8.97. The number of likely N-dealkylation sites (tertiary alicyclic amines) is 1. The van der Waals surface area contributed by atoms with Crippen LogP contribution in [-0.4, -0.2) is 50.7 Å². The molecule has 0 saturated carbocycles. The Balaban J connectivity index is 1.61. The van der Waals surface area contributed by atoms with Crippen LogP contribution in [0.3, 0.4) is 0 Å². The standard InChI is InChI=1S/C9H16N2O2/c1-10-8(12)2-3-11-4-9(5-11)6-13-7-9/h2-7H2,1H3,(H,10,12). The number of nitrogens with zero attached hydrogens (tertiary/aromatic N) is 1. The maximum Gasteiger partial charge on any atom is 0.221 e. The van der Waals surface area contributed by atoms with Crippen molar-refractivity contribution in [3.8, 4) is 0 Å². The van der Waals surface area contributed by atoms with E-state index in [9.17, 15) is 4.79 Å². The summed E-state index contributed by atoms with van der Waals surface area (Å²) in [6.07, 6.45) is 0.618. The van der Waals surface area contributed by atoms with Gasteiger partial charge in [0.05, 0.1) is 13.2 Å². The van der Waals surface area contributed by atoms with E-state index in [0.717, 1.165) is 32.8 Å². The van der Waals surface area contributed by atoms with Crippen molar-refractivity contribution in [1.29, 1.82) is 0 Å². The van der Waals surface area contributed by atoms with Crippen LogP contribution < -0.4 is 5.32 Å². The number of nitrogens with one attached hydrogen (secondary N) is 1. The molecule has 0 aromatic carbocycles. The molecule has 0 atom stereocenters. The highest BCUT2D eigenvalue weighted by Gasteiger charge is 2.48. The SMILES string of the molecule is CNC(=O)CCN1CC2(COC2)C1. The second kappa shape index (κ2) is 3.27. The topological polar surface area (TPSA) is 41.6 Å². The Labute approximate surface area is 78.2 Å². The summed E-state index contributed by atoms with van der Waals surface area (Å²) in [5, 5.41) is 2.63. The largest absolute Gasteiger partial charge is 0.380 e. The van der Waals surface area contributed by atoms with E-state index in [1.807, 2.05) is 0 Å². The Bertz CT molecular complexity index is 206. The molecule has 0 unspecified atom stereocenters. The summed E-state index contributed by atoms with van der Waals surface area (Å²) in [6.45, 7) is 4.96. The molecule has 2 heterocycles. The lowest BCUT2D eigenvalue weighted by Crippen LogP contribution is -2.66. The van der Waals surface area contributed by atoms with Crippen molar-refractivity contribution in [3.05, 3.63) is 0 Å². The highest BCUT2D eigenvalue weighted by atomic mass is 16.5. The van der Waals surface area contributed by atoms with Crippen LogP contribution in [0.1, 0.15) is 6.42 Å². The fraction of sp³-hybridized carbons (Fsp3) is 0.889. The molecule has 2 aliphatic rings. The number of ether oxygens (including phenoxy) is 1. The predicted octanol–water partition coefficient (Wildman–Crippen LogP) is -0.545. The van der Waals surface area contributed by atoms with E-state index in [0.29, 0.717) is 11.8 Å². The number of carbonyl (C=O) groups is 1. The number of hydrogen-bond donors (Lipinski definition) is 1. The molecule has 0 aromatic rings. The minimum Gasteiger partial charge on any atom is -0.380 e. The zero-order valence-corrected chi connectivity index (χ0v) is 8.01. The van der Waals surface area contributed by atoms with Gasteiger partial charge in [0.1, 0.15) is 0 Å². The van der Waals surface area contributed by atoms with Crippen LogP contribution >= 0.6 is 0 Å². The summed E-state index contributed by atoms with van der Waals surface area (Å²) >= 11 is 0. The van der Waals surface area contributed by atoms with Crippen LogP contribution in [0.4, 0.5) is 0 Å². The number of hydrogen-bond acceptors (Lipinski definition) is 3. The van der Waals surface area contributed by atoms with Gasteiger partial charge in [0.25, 0.3) is 0 Å². The molecule has 4 nitrogen and oxygen atoms in total. The van der Waals surface area contributed by atoms with Crippen LogP contribution in [0.5, 0.6) is 0 Å². The molecule has 2 aliphatic heterocycles. The molecule has 2 saturated heterocycles. The number of amides is 1. The maximum atomic E-state index is 10.9. The number of rotatable bonds is 3. The van der Waals surface area contributed by atoms with Gasteiger partial charge >= 0.3 is 0 Å². The van der Waals surface area contributed by atoms with E-state index < -0.39 is 0 Å². The lowest BCUT2D eigenvalue weighted by molar-refractivity contribution is -0.188. The van der Waals surface area contributed by atoms with Crippen LogP contribution in [0.15, 0.2) is 0 Å². The van der Waals surface area contributed by atoms with Gasteiger partial charge in [0, 0.05) is 38.5 Å². The van der Waals surface area contributed by atoms with Crippen molar-refractivity contribution in [3.63, 3.8) is 0 Å². The summed E-state index contributed by atoms with van der Waals surface area (Å²) in [4.78, 5) is 13.3. The van der Waals surface area contributed by atoms with E-state index >= 15 is 0 Å². The first-order chi connectivity index (χ1) is 6.24. The van der Waals surface area contributed by atoms with Gasteiger partial charge in [-0.05, 0) is 0 Å². The average Bonchev–Trinajstić information content (AvgIpc) is 1.98. The number of carbonyl (C=O) groups excluding carboxylic acids is 1. The molecule has 4 heteroatoms. The summed E-state index contributed by atoms with van der Waals surface area (Å²) in [6, 6.07) is 0. The molecule has 0 bridgehead atoms. The van der Waals surface area contributed by atoms with Crippen molar-refractivity contribution < 1.29 is 9.53 Å². The highest BCUT2D eigenvalue weighted by molar-refractivity contribution is 5.75. The highest BCUT2D eigenvalue weighted by Crippen LogP contribution is 2.37. The maximum absolute atomic E-state index is 10.9. The smallest absolute Gasteiger partial charge is 0.221 e. The quantitative estimate of drug-likeness (QED) is 0.640. The molecule has 0 radical (unpaired) electrons. The predicted molar refractivity (Wildman–Crippen MR) is 48.4 cm³/mol. The van der Waals surface area contributed by atoms with Gasteiger partial charge in [-0.2, -0.15) is 0 Å². The minimum absolute atomic E-state index is 0.130. The van der Waals surface area contributed by atoms with Crippen molar-refractivity contribution in [2.24, 2.45) is 5.41 Å². The fourth-order valence-electron chi connectivity index (χ4n) is 2.02. The van der Waals surface area contributed by atoms with Gasteiger partial charge < -0.3 is 15.0 Å². The van der Waals surface area contributed by atoms with Crippen molar-refractivity contribution in [2.75, 3.05) is 39.9 Å². The third-order valence-corrected chi connectivity index (χ3v) is 2.87. The van der Waals surface area contributed by atoms with E-state index in [-0.39, 0.29) is 5.91 Å². The Morgan fingerprint density at radius 1 is 1.54 bits per heavy atom. The first-order valence-corrected chi connectivity index (χ1v) is 4.75. The molecule has 1 amide bonds. The second-order valence-corrected chi connectivity index (χ2v) is 4.13. The normalized spacial score (nSPS) is 25.0. The molecular formula is C9H16N2O2. The van der Waals surface area contributed by atoms with E-state index in [2.05, 4.69) is 10.2 Å². The van der Waals surface area contributed by atoms with Gasteiger partial charge in [-0.15, -0.1) is 0 Å². The minimum atomic E-state index is 0.130. The Morgan fingerprint density at radius 3 is 2.69 bits per heavy atom. The molecule has 0 aromatic heterocycles. The molecule has 2 fully saturated rings. The van der Waals surface area contributed by atoms with Gasteiger partial charge in [0.15, 0.2) is 0 Å². The lowest BCUT2D eigenvalue weighted by Gasteiger charge is -2.55.